The van der Waals surface area contributed by atoms with E-state index in [-0.39, 0.29) is 5.91 Å². The van der Waals surface area contributed by atoms with Crippen molar-refractivity contribution in [3.8, 4) is 11.3 Å². The van der Waals surface area contributed by atoms with Crippen molar-refractivity contribution in [2.45, 2.75) is 25.3 Å². The largest absolute Gasteiger partial charge is 0.307 e. The van der Waals surface area contributed by atoms with Crippen LogP contribution in [0.25, 0.3) is 11.3 Å². The fraction of sp³-hybridized carbons (Fsp3) is 0.375. The molecule has 5 rings (SSSR count). The average molecular weight is 434 g/mol. The van der Waals surface area contributed by atoms with Crippen molar-refractivity contribution in [1.29, 1.82) is 0 Å². The molecule has 0 spiro atoms. The van der Waals surface area contributed by atoms with Crippen LogP contribution in [0.4, 0.5) is 5.82 Å². The van der Waals surface area contributed by atoms with Crippen LogP contribution in [-0.2, 0) is 13.6 Å². The second-order valence-electron chi connectivity index (χ2n) is 8.33. The number of carbonyl (C=O) groups is 1. The van der Waals surface area contributed by atoms with E-state index in [1.165, 1.54) is 35.6 Å². The summed E-state index contributed by atoms with van der Waals surface area (Å²) in [5.41, 5.74) is 5.01. The maximum absolute atomic E-state index is 12.8. The van der Waals surface area contributed by atoms with Crippen LogP contribution in [0.1, 0.15) is 40.4 Å². The summed E-state index contributed by atoms with van der Waals surface area (Å²) in [6, 6.07) is 13.8. The smallest absolute Gasteiger partial charge is 0.256 e. The highest BCUT2D eigenvalue weighted by Gasteiger charge is 2.27. The zero-order valence-electron chi connectivity index (χ0n) is 17.8. The van der Waals surface area contributed by atoms with Gasteiger partial charge in [0.2, 0.25) is 0 Å². The maximum atomic E-state index is 12.8. The fourth-order valence-corrected chi connectivity index (χ4v) is 5.00. The Balaban J connectivity index is 1.24. The Bertz CT molecular complexity index is 1070. The van der Waals surface area contributed by atoms with Crippen molar-refractivity contribution in [2.24, 2.45) is 7.05 Å². The van der Waals surface area contributed by atoms with Gasteiger partial charge in [-0.2, -0.15) is 16.9 Å². The van der Waals surface area contributed by atoms with Crippen LogP contribution in [0, 0.1) is 0 Å². The normalized spacial score (nSPS) is 16.9. The van der Waals surface area contributed by atoms with E-state index in [0.717, 1.165) is 30.9 Å². The van der Waals surface area contributed by atoms with Gasteiger partial charge in [0.15, 0.2) is 0 Å². The molecule has 2 fully saturated rings. The number of nitrogens with zero attached hydrogens (tertiary/aromatic N) is 4. The van der Waals surface area contributed by atoms with E-state index in [2.05, 4.69) is 32.4 Å². The number of thioether (sulfide) groups is 1. The highest BCUT2D eigenvalue weighted by molar-refractivity contribution is 7.99. The standard InChI is InChI=1S/C24H27N5OS/c1-28-22(18-5-6-18)14-21(27-28)20-7-8-23(25-15-20)26-24(30)19-4-2-3-17(13-19)16-29-9-11-31-12-10-29/h2-4,7-8,13-15,18H,5-6,9-12,16H2,1H3,(H,25,26,30). The number of amides is 1. The second-order valence-corrected chi connectivity index (χ2v) is 9.55. The first-order chi connectivity index (χ1) is 15.2. The molecule has 1 N–H and O–H groups in total. The number of aryl methyl sites for hydroxylation is 1. The minimum absolute atomic E-state index is 0.134. The van der Waals surface area contributed by atoms with Crippen LogP contribution in [0.3, 0.4) is 0 Å². The number of carbonyl (C=O) groups excluding carboxylic acids is 1. The van der Waals surface area contributed by atoms with E-state index < -0.39 is 0 Å². The zero-order chi connectivity index (χ0) is 21.2. The van der Waals surface area contributed by atoms with Crippen LogP contribution in [-0.4, -0.2) is 50.2 Å². The molecular formula is C24H27N5OS. The van der Waals surface area contributed by atoms with Gasteiger partial charge >= 0.3 is 0 Å². The van der Waals surface area contributed by atoms with Gasteiger partial charge in [-0.15, -0.1) is 0 Å². The molecule has 7 heteroatoms. The summed E-state index contributed by atoms with van der Waals surface area (Å²) in [6.45, 7) is 3.10. The van der Waals surface area contributed by atoms with Gasteiger partial charge in [-0.25, -0.2) is 4.98 Å². The molecule has 160 valence electrons. The molecule has 0 bridgehead atoms. The molecule has 2 aliphatic rings. The van der Waals surface area contributed by atoms with Crippen LogP contribution in [0.15, 0.2) is 48.7 Å². The van der Waals surface area contributed by atoms with Gasteiger partial charge in [0.05, 0.1) is 5.69 Å². The summed E-state index contributed by atoms with van der Waals surface area (Å²) in [6.07, 6.45) is 4.28. The van der Waals surface area contributed by atoms with Gasteiger partial charge in [0, 0.05) is 67.1 Å². The molecule has 1 aliphatic carbocycles. The van der Waals surface area contributed by atoms with E-state index >= 15 is 0 Å². The van der Waals surface area contributed by atoms with Gasteiger partial charge < -0.3 is 5.32 Å². The van der Waals surface area contributed by atoms with Gasteiger partial charge in [-0.05, 0) is 48.7 Å². The molecule has 0 atom stereocenters. The average Bonchev–Trinajstić information content (AvgIpc) is 3.56. The third-order valence-electron chi connectivity index (χ3n) is 5.91. The molecular weight excluding hydrogens is 406 g/mol. The fourth-order valence-electron chi connectivity index (χ4n) is 4.02. The summed E-state index contributed by atoms with van der Waals surface area (Å²) in [4.78, 5) is 19.6. The zero-order valence-corrected chi connectivity index (χ0v) is 18.6. The second kappa shape index (κ2) is 8.85. The molecule has 31 heavy (non-hydrogen) atoms. The van der Waals surface area contributed by atoms with Crippen LogP contribution in [0.2, 0.25) is 0 Å². The Morgan fingerprint density at radius 1 is 1.16 bits per heavy atom. The number of hydrogen-bond donors (Lipinski definition) is 1. The Labute approximate surface area is 187 Å². The third-order valence-corrected chi connectivity index (χ3v) is 6.85. The molecule has 6 nitrogen and oxygen atoms in total. The van der Waals surface area contributed by atoms with Gasteiger partial charge in [-0.1, -0.05) is 12.1 Å². The van der Waals surface area contributed by atoms with Crippen LogP contribution in [0.5, 0.6) is 0 Å². The summed E-state index contributed by atoms with van der Waals surface area (Å²) in [7, 11) is 2.00. The summed E-state index contributed by atoms with van der Waals surface area (Å²) in [5.74, 6) is 3.43. The number of pyridine rings is 1. The van der Waals surface area contributed by atoms with E-state index in [1.54, 1.807) is 6.20 Å². The molecule has 0 radical (unpaired) electrons. The Morgan fingerprint density at radius 3 is 2.74 bits per heavy atom. The molecule has 2 aromatic heterocycles. The molecule has 0 unspecified atom stereocenters. The number of rotatable bonds is 6. The first kappa shape index (κ1) is 20.3. The van der Waals surface area contributed by atoms with Crippen LogP contribution < -0.4 is 5.32 Å². The first-order valence-electron chi connectivity index (χ1n) is 10.9. The lowest BCUT2D eigenvalue weighted by molar-refractivity contribution is 0.102. The highest BCUT2D eigenvalue weighted by atomic mass is 32.2. The van der Waals surface area contributed by atoms with E-state index in [4.69, 9.17) is 0 Å². The minimum Gasteiger partial charge on any atom is -0.307 e. The van der Waals surface area contributed by atoms with E-state index in [0.29, 0.717) is 17.3 Å². The van der Waals surface area contributed by atoms with E-state index in [1.807, 2.05) is 53.8 Å². The Morgan fingerprint density at radius 2 is 2.00 bits per heavy atom. The topological polar surface area (TPSA) is 63.1 Å². The molecule has 3 heterocycles. The summed E-state index contributed by atoms with van der Waals surface area (Å²) < 4.78 is 1.97. The van der Waals surface area contributed by atoms with Crippen molar-refractivity contribution in [3.63, 3.8) is 0 Å². The van der Waals surface area contributed by atoms with Crippen molar-refractivity contribution in [2.75, 3.05) is 29.9 Å². The summed E-state index contributed by atoms with van der Waals surface area (Å²) >= 11 is 2.01. The van der Waals surface area contributed by atoms with Crippen molar-refractivity contribution >= 4 is 23.5 Å². The Kier molecular flexibility index (Phi) is 5.78. The molecule has 3 aromatic rings. The number of anilines is 1. The number of benzene rings is 1. The monoisotopic (exact) mass is 433 g/mol. The van der Waals surface area contributed by atoms with Gasteiger partial charge in [-0.3, -0.25) is 14.4 Å². The van der Waals surface area contributed by atoms with E-state index in [9.17, 15) is 4.79 Å². The lowest BCUT2D eigenvalue weighted by atomic mass is 10.1. The van der Waals surface area contributed by atoms with Gasteiger partial charge in [0.1, 0.15) is 5.82 Å². The third kappa shape index (κ3) is 4.83. The molecule has 1 saturated carbocycles. The molecule has 1 aromatic carbocycles. The first-order valence-corrected chi connectivity index (χ1v) is 12.0. The van der Waals surface area contributed by atoms with Crippen molar-refractivity contribution in [1.82, 2.24) is 19.7 Å². The Hall–Kier alpha value is -2.64. The number of nitrogens with one attached hydrogen (secondary N) is 1. The quantitative estimate of drug-likeness (QED) is 0.632. The minimum atomic E-state index is -0.134. The molecule has 1 saturated heterocycles. The predicted octanol–water partition coefficient (Wildman–Crippen LogP) is 4.16. The highest BCUT2D eigenvalue weighted by Crippen LogP contribution is 2.40. The SMILES string of the molecule is Cn1nc(-c2ccc(NC(=O)c3cccc(CN4CCSCC4)c3)nc2)cc1C1CC1. The molecule has 1 aliphatic heterocycles. The number of hydrogen-bond acceptors (Lipinski definition) is 5. The lowest BCUT2D eigenvalue weighted by Gasteiger charge is -2.26. The van der Waals surface area contributed by atoms with Crippen molar-refractivity contribution in [3.05, 3.63) is 65.5 Å². The lowest BCUT2D eigenvalue weighted by Crippen LogP contribution is -2.32. The maximum Gasteiger partial charge on any atom is 0.256 e. The summed E-state index contributed by atoms with van der Waals surface area (Å²) in [5, 5.41) is 7.54. The predicted molar refractivity (Wildman–Crippen MR) is 125 cm³/mol. The van der Waals surface area contributed by atoms with Crippen LogP contribution >= 0.6 is 11.8 Å². The van der Waals surface area contributed by atoms with Gasteiger partial charge in [0.25, 0.3) is 5.91 Å². The molecule has 1 amide bonds. The number of aromatic nitrogens is 3. The van der Waals surface area contributed by atoms with Crippen molar-refractivity contribution < 1.29 is 4.79 Å².